The molecule has 1 saturated heterocycles. The molecule has 0 bridgehead atoms. The number of carbonyl (C=O) groups excluding carboxylic acids is 1. The third-order valence-electron chi connectivity index (χ3n) is 3.41. The molecule has 1 aromatic rings. The quantitative estimate of drug-likeness (QED) is 0.662. The summed E-state index contributed by atoms with van der Waals surface area (Å²) in [5.41, 5.74) is 6.92. The van der Waals surface area contributed by atoms with Crippen LogP contribution >= 0.6 is 0 Å². The highest BCUT2D eigenvalue weighted by molar-refractivity contribution is 5.80. The molecule has 1 fully saturated rings. The standard InChI is InChI=1S/C13H17N3O3/c1-8(2)15-12(17)7-11(14)13(15)9-3-5-10(6-4-9)16(18)19/h3-6,8,11,13H,7,14H2,1-2H3. The van der Waals surface area contributed by atoms with E-state index in [-0.39, 0.29) is 29.7 Å². The number of nitrogens with two attached hydrogens (primary N) is 1. The van der Waals surface area contributed by atoms with Gasteiger partial charge in [0.05, 0.1) is 11.0 Å². The van der Waals surface area contributed by atoms with Crippen molar-refractivity contribution in [1.29, 1.82) is 0 Å². The molecular formula is C13H17N3O3. The van der Waals surface area contributed by atoms with E-state index in [4.69, 9.17) is 5.73 Å². The zero-order valence-electron chi connectivity index (χ0n) is 10.9. The summed E-state index contributed by atoms with van der Waals surface area (Å²) in [5, 5.41) is 10.6. The second-order valence-corrected chi connectivity index (χ2v) is 5.06. The van der Waals surface area contributed by atoms with Crippen molar-refractivity contribution >= 4 is 11.6 Å². The Bertz CT molecular complexity index is 498. The van der Waals surface area contributed by atoms with Crippen LogP contribution in [0.4, 0.5) is 5.69 Å². The van der Waals surface area contributed by atoms with Gasteiger partial charge in [0.25, 0.3) is 5.69 Å². The van der Waals surface area contributed by atoms with Crippen molar-refractivity contribution in [2.24, 2.45) is 5.73 Å². The van der Waals surface area contributed by atoms with Crippen LogP contribution in [-0.2, 0) is 4.79 Å². The topological polar surface area (TPSA) is 89.5 Å². The van der Waals surface area contributed by atoms with Gasteiger partial charge in [0.2, 0.25) is 5.91 Å². The van der Waals surface area contributed by atoms with Crippen molar-refractivity contribution in [2.45, 2.75) is 38.4 Å². The summed E-state index contributed by atoms with van der Waals surface area (Å²) >= 11 is 0. The summed E-state index contributed by atoms with van der Waals surface area (Å²) in [5.74, 6) is 0.0332. The van der Waals surface area contributed by atoms with E-state index in [1.54, 1.807) is 17.0 Å². The van der Waals surface area contributed by atoms with Crippen molar-refractivity contribution in [3.05, 3.63) is 39.9 Å². The Kier molecular flexibility index (Phi) is 3.53. The first kappa shape index (κ1) is 13.5. The molecule has 1 amide bonds. The second kappa shape index (κ2) is 4.97. The Morgan fingerprint density at radius 2 is 1.95 bits per heavy atom. The summed E-state index contributed by atoms with van der Waals surface area (Å²) in [6.07, 6.45) is 0.319. The average molecular weight is 263 g/mol. The molecule has 0 aromatic heterocycles. The summed E-state index contributed by atoms with van der Waals surface area (Å²) in [6, 6.07) is 5.84. The molecule has 1 aromatic carbocycles. The molecule has 0 spiro atoms. The first-order valence-electron chi connectivity index (χ1n) is 6.23. The van der Waals surface area contributed by atoms with Gasteiger partial charge < -0.3 is 10.6 Å². The summed E-state index contributed by atoms with van der Waals surface area (Å²) < 4.78 is 0. The molecule has 2 N–H and O–H groups in total. The fourth-order valence-electron chi connectivity index (χ4n) is 2.59. The molecule has 0 aliphatic carbocycles. The number of benzene rings is 1. The van der Waals surface area contributed by atoms with E-state index >= 15 is 0 Å². The second-order valence-electron chi connectivity index (χ2n) is 5.06. The van der Waals surface area contributed by atoms with Crippen molar-refractivity contribution in [3.63, 3.8) is 0 Å². The maximum absolute atomic E-state index is 11.9. The lowest BCUT2D eigenvalue weighted by molar-refractivity contribution is -0.384. The van der Waals surface area contributed by atoms with E-state index in [1.165, 1.54) is 12.1 Å². The van der Waals surface area contributed by atoms with E-state index in [1.807, 2.05) is 13.8 Å². The fourth-order valence-corrected chi connectivity index (χ4v) is 2.59. The van der Waals surface area contributed by atoms with Crippen molar-refractivity contribution in [3.8, 4) is 0 Å². The average Bonchev–Trinajstić information content (AvgIpc) is 2.64. The van der Waals surface area contributed by atoms with E-state index < -0.39 is 4.92 Å². The van der Waals surface area contributed by atoms with Crippen LogP contribution in [0.3, 0.4) is 0 Å². The number of rotatable bonds is 3. The minimum Gasteiger partial charge on any atom is -0.332 e. The Morgan fingerprint density at radius 3 is 2.42 bits per heavy atom. The lowest BCUT2D eigenvalue weighted by Crippen LogP contribution is -2.37. The largest absolute Gasteiger partial charge is 0.332 e. The van der Waals surface area contributed by atoms with Crippen LogP contribution in [0.1, 0.15) is 31.9 Å². The number of nitro groups is 1. The van der Waals surface area contributed by atoms with Crippen LogP contribution in [0.5, 0.6) is 0 Å². The predicted molar refractivity (Wildman–Crippen MR) is 70.4 cm³/mol. The van der Waals surface area contributed by atoms with E-state index in [0.717, 1.165) is 5.56 Å². The third-order valence-corrected chi connectivity index (χ3v) is 3.41. The molecule has 1 aliphatic heterocycles. The zero-order valence-corrected chi connectivity index (χ0v) is 10.9. The number of likely N-dealkylation sites (tertiary alicyclic amines) is 1. The SMILES string of the molecule is CC(C)N1C(=O)CC(N)C1c1ccc([N+](=O)[O-])cc1. The molecule has 19 heavy (non-hydrogen) atoms. The first-order valence-corrected chi connectivity index (χ1v) is 6.23. The van der Waals surface area contributed by atoms with E-state index in [9.17, 15) is 14.9 Å². The van der Waals surface area contributed by atoms with Crippen LogP contribution in [-0.4, -0.2) is 27.8 Å². The van der Waals surface area contributed by atoms with E-state index in [0.29, 0.717) is 6.42 Å². The molecular weight excluding hydrogens is 246 g/mol. The minimum atomic E-state index is -0.441. The van der Waals surface area contributed by atoms with Crippen molar-refractivity contribution in [1.82, 2.24) is 4.90 Å². The number of hydrogen-bond donors (Lipinski definition) is 1. The Balaban J connectivity index is 2.33. The van der Waals surface area contributed by atoms with Crippen LogP contribution < -0.4 is 5.73 Å². The summed E-state index contributed by atoms with van der Waals surface area (Å²) in [6.45, 7) is 3.88. The van der Waals surface area contributed by atoms with Crippen LogP contribution in [0.15, 0.2) is 24.3 Å². The van der Waals surface area contributed by atoms with Crippen LogP contribution in [0, 0.1) is 10.1 Å². The lowest BCUT2D eigenvalue weighted by atomic mass is 10.00. The van der Waals surface area contributed by atoms with Gasteiger partial charge >= 0.3 is 0 Å². The molecule has 2 atom stereocenters. The number of non-ortho nitro benzene ring substituents is 1. The van der Waals surface area contributed by atoms with Gasteiger partial charge in [0, 0.05) is 30.6 Å². The van der Waals surface area contributed by atoms with Gasteiger partial charge in [0.1, 0.15) is 0 Å². The highest BCUT2D eigenvalue weighted by atomic mass is 16.6. The summed E-state index contributed by atoms with van der Waals surface area (Å²) in [7, 11) is 0. The van der Waals surface area contributed by atoms with E-state index in [2.05, 4.69) is 0 Å². The first-order chi connectivity index (χ1) is 8.91. The van der Waals surface area contributed by atoms with Gasteiger partial charge in [-0.15, -0.1) is 0 Å². The maximum atomic E-state index is 11.9. The van der Waals surface area contributed by atoms with Gasteiger partial charge in [-0.05, 0) is 19.4 Å². The lowest BCUT2D eigenvalue weighted by Gasteiger charge is -2.30. The monoisotopic (exact) mass is 263 g/mol. The van der Waals surface area contributed by atoms with Crippen LogP contribution in [0.25, 0.3) is 0 Å². The Morgan fingerprint density at radius 1 is 1.37 bits per heavy atom. The Labute approximate surface area is 111 Å². The predicted octanol–water partition coefficient (Wildman–Crippen LogP) is 1.60. The molecule has 6 heteroatoms. The number of hydrogen-bond acceptors (Lipinski definition) is 4. The van der Waals surface area contributed by atoms with Gasteiger partial charge in [-0.1, -0.05) is 12.1 Å². The third kappa shape index (κ3) is 2.44. The Hall–Kier alpha value is -1.95. The molecule has 0 saturated carbocycles. The number of nitro benzene ring substituents is 1. The molecule has 2 unspecified atom stereocenters. The minimum absolute atomic E-state index is 0.0332. The molecule has 102 valence electrons. The van der Waals surface area contributed by atoms with Gasteiger partial charge in [-0.3, -0.25) is 14.9 Å². The highest BCUT2D eigenvalue weighted by Gasteiger charge is 2.39. The van der Waals surface area contributed by atoms with Crippen molar-refractivity contribution in [2.75, 3.05) is 0 Å². The van der Waals surface area contributed by atoms with Crippen molar-refractivity contribution < 1.29 is 9.72 Å². The number of carbonyl (C=O) groups is 1. The smallest absolute Gasteiger partial charge is 0.269 e. The molecule has 6 nitrogen and oxygen atoms in total. The number of nitrogens with zero attached hydrogens (tertiary/aromatic N) is 2. The maximum Gasteiger partial charge on any atom is 0.269 e. The van der Waals surface area contributed by atoms with Crippen LogP contribution in [0.2, 0.25) is 0 Å². The summed E-state index contributed by atoms with van der Waals surface area (Å²) in [4.78, 5) is 23.9. The molecule has 1 heterocycles. The normalized spacial score (nSPS) is 23.2. The fraction of sp³-hybridized carbons (Fsp3) is 0.462. The van der Waals surface area contributed by atoms with Gasteiger partial charge in [0.15, 0.2) is 0 Å². The highest BCUT2D eigenvalue weighted by Crippen LogP contribution is 2.34. The molecule has 1 aliphatic rings. The molecule has 0 radical (unpaired) electrons. The number of amides is 1. The zero-order chi connectivity index (χ0) is 14.2. The van der Waals surface area contributed by atoms with Gasteiger partial charge in [-0.2, -0.15) is 0 Å². The molecule has 2 rings (SSSR count). The van der Waals surface area contributed by atoms with Gasteiger partial charge in [-0.25, -0.2) is 0 Å².